The van der Waals surface area contributed by atoms with Crippen LogP contribution in [-0.4, -0.2) is 11.9 Å². The Morgan fingerprint density at radius 3 is 1.29 bits per heavy atom. The van der Waals surface area contributed by atoms with Crippen LogP contribution < -0.4 is 9.47 Å². The van der Waals surface area contributed by atoms with Crippen molar-refractivity contribution in [2.24, 2.45) is 11.8 Å². The van der Waals surface area contributed by atoms with Crippen LogP contribution in [0.2, 0.25) is 0 Å². The molecule has 0 aromatic heterocycles. The Balaban J connectivity index is 1.51. The number of allylic oxidation sites excluding steroid dienone is 2. The predicted molar refractivity (Wildman–Crippen MR) is 145 cm³/mol. The van der Waals surface area contributed by atoms with Gasteiger partial charge in [0.25, 0.3) is 0 Å². The van der Waals surface area contributed by atoms with E-state index in [0.717, 1.165) is 22.3 Å². The van der Waals surface area contributed by atoms with Crippen molar-refractivity contribution in [3.8, 4) is 11.5 Å². The Labute approximate surface area is 220 Å². The van der Waals surface area contributed by atoms with Crippen LogP contribution in [0.1, 0.15) is 22.3 Å². The van der Waals surface area contributed by atoms with Crippen molar-refractivity contribution in [3.63, 3.8) is 0 Å². The molecule has 1 saturated carbocycles. The quantitative estimate of drug-likeness (QED) is 0.243. The van der Waals surface area contributed by atoms with Crippen LogP contribution in [0.25, 0.3) is 12.2 Å². The lowest BCUT2D eigenvalue weighted by molar-refractivity contribution is -0.176. The van der Waals surface area contributed by atoms with Crippen LogP contribution in [0.3, 0.4) is 0 Å². The smallest absolute Gasteiger partial charge is 0.316 e. The molecule has 4 aromatic carbocycles. The normalized spacial score (nSPS) is 26.9. The highest BCUT2D eigenvalue weighted by atomic mass is 16.5. The molecule has 4 heteroatoms. The summed E-state index contributed by atoms with van der Waals surface area (Å²) in [5.74, 6) is -1.05. The fourth-order valence-electron chi connectivity index (χ4n) is 6.75. The fourth-order valence-corrected chi connectivity index (χ4v) is 6.75. The second-order valence-corrected chi connectivity index (χ2v) is 10.1. The average Bonchev–Trinajstić information content (AvgIpc) is 2.94. The molecular formula is C34H24O4. The van der Waals surface area contributed by atoms with Gasteiger partial charge in [-0.1, -0.05) is 121 Å². The Bertz CT molecular complexity index is 1490. The third kappa shape index (κ3) is 3.04. The molecule has 0 N–H and O–H groups in total. The minimum atomic E-state index is -0.937. The van der Waals surface area contributed by atoms with Gasteiger partial charge in [-0.2, -0.15) is 0 Å². The van der Waals surface area contributed by atoms with E-state index in [1.54, 1.807) is 12.1 Å². The Hall–Kier alpha value is -4.70. The first-order chi connectivity index (χ1) is 18.6. The SMILES string of the molecule is O=C1Oc2ccccc2C2(/C=C/c3ccccc3)C1C1(/C=C/c3ccccc3)c3ccccc3OC(=O)C21. The molecule has 0 spiro atoms. The maximum Gasteiger partial charge on any atom is 0.316 e. The lowest BCUT2D eigenvalue weighted by Crippen LogP contribution is -2.76. The molecule has 2 aliphatic heterocycles. The van der Waals surface area contributed by atoms with E-state index in [2.05, 4.69) is 0 Å². The summed E-state index contributed by atoms with van der Waals surface area (Å²) in [6, 6.07) is 34.9. The molecular weight excluding hydrogens is 472 g/mol. The number of benzene rings is 4. The van der Waals surface area contributed by atoms with E-state index in [-0.39, 0.29) is 11.9 Å². The largest absolute Gasteiger partial charge is 0.426 e. The van der Waals surface area contributed by atoms with Crippen LogP contribution in [0.5, 0.6) is 11.5 Å². The number of carbonyl (C=O) groups excluding carboxylic acids is 2. The lowest BCUT2D eigenvalue weighted by Gasteiger charge is -2.67. The average molecular weight is 497 g/mol. The summed E-state index contributed by atoms with van der Waals surface area (Å²) >= 11 is 0. The summed E-state index contributed by atoms with van der Waals surface area (Å²) in [7, 11) is 0. The molecule has 2 heterocycles. The number of carbonyl (C=O) groups is 2. The van der Waals surface area contributed by atoms with Crippen molar-refractivity contribution in [2.45, 2.75) is 10.8 Å². The topological polar surface area (TPSA) is 52.6 Å². The molecule has 38 heavy (non-hydrogen) atoms. The first kappa shape index (κ1) is 22.5. The Morgan fingerprint density at radius 2 is 0.868 bits per heavy atom. The first-order valence-electron chi connectivity index (χ1n) is 12.8. The van der Waals surface area contributed by atoms with E-state index in [4.69, 9.17) is 9.47 Å². The van der Waals surface area contributed by atoms with Crippen LogP contribution in [0.15, 0.2) is 121 Å². The zero-order valence-electron chi connectivity index (χ0n) is 20.5. The Morgan fingerprint density at radius 1 is 0.500 bits per heavy atom. The molecule has 184 valence electrons. The predicted octanol–water partition coefficient (Wildman–Crippen LogP) is 6.37. The van der Waals surface area contributed by atoms with Gasteiger partial charge in [0.05, 0.1) is 11.8 Å². The molecule has 0 amide bonds. The molecule has 7 rings (SSSR count). The van der Waals surface area contributed by atoms with E-state index in [0.29, 0.717) is 11.5 Å². The Kier molecular flexibility index (Phi) is 4.98. The molecule has 0 unspecified atom stereocenters. The van der Waals surface area contributed by atoms with Crippen LogP contribution >= 0.6 is 0 Å². The number of ether oxygens (including phenoxy) is 2. The minimum Gasteiger partial charge on any atom is -0.426 e. The van der Waals surface area contributed by atoms with Crippen molar-refractivity contribution in [1.82, 2.24) is 0 Å². The monoisotopic (exact) mass is 496 g/mol. The third-order valence-electron chi connectivity index (χ3n) is 8.21. The van der Waals surface area contributed by atoms with Gasteiger partial charge < -0.3 is 9.47 Å². The minimum absolute atomic E-state index is 0.347. The molecule has 4 nitrogen and oxygen atoms in total. The summed E-state index contributed by atoms with van der Waals surface area (Å²) in [6.07, 6.45) is 8.06. The molecule has 3 aliphatic rings. The first-order valence-corrected chi connectivity index (χ1v) is 12.8. The van der Waals surface area contributed by atoms with E-state index in [9.17, 15) is 9.59 Å². The van der Waals surface area contributed by atoms with E-state index in [1.807, 2.05) is 121 Å². The number of fused-ring (bicyclic) bond motifs is 8. The van der Waals surface area contributed by atoms with Gasteiger partial charge in [0, 0.05) is 22.0 Å². The van der Waals surface area contributed by atoms with Gasteiger partial charge in [-0.3, -0.25) is 9.59 Å². The van der Waals surface area contributed by atoms with Crippen molar-refractivity contribution >= 4 is 24.1 Å². The molecule has 4 aromatic rings. The van der Waals surface area contributed by atoms with Gasteiger partial charge >= 0.3 is 11.9 Å². The van der Waals surface area contributed by atoms with E-state index >= 15 is 0 Å². The number of hydrogen-bond acceptors (Lipinski definition) is 4. The molecule has 1 fully saturated rings. The van der Waals surface area contributed by atoms with Gasteiger partial charge in [-0.25, -0.2) is 0 Å². The summed E-state index contributed by atoms with van der Waals surface area (Å²) in [4.78, 5) is 28.0. The number of hydrogen-bond donors (Lipinski definition) is 0. The fraction of sp³-hybridized carbons (Fsp3) is 0.118. The van der Waals surface area contributed by atoms with Gasteiger partial charge in [0.1, 0.15) is 11.5 Å². The van der Waals surface area contributed by atoms with Gasteiger partial charge in [-0.05, 0) is 23.3 Å². The summed E-state index contributed by atoms with van der Waals surface area (Å²) in [5, 5.41) is 0. The van der Waals surface area contributed by atoms with E-state index < -0.39 is 22.7 Å². The molecule has 0 saturated heterocycles. The summed E-state index contributed by atoms with van der Waals surface area (Å²) in [5.41, 5.74) is 1.74. The van der Waals surface area contributed by atoms with Crippen molar-refractivity contribution < 1.29 is 19.1 Å². The highest BCUT2D eigenvalue weighted by molar-refractivity contribution is 5.97. The number of para-hydroxylation sites is 2. The molecule has 0 atom stereocenters. The highest BCUT2D eigenvalue weighted by Crippen LogP contribution is 2.72. The van der Waals surface area contributed by atoms with Crippen LogP contribution in [0.4, 0.5) is 0 Å². The van der Waals surface area contributed by atoms with Crippen molar-refractivity contribution in [3.05, 3.63) is 144 Å². The second-order valence-electron chi connectivity index (χ2n) is 10.1. The van der Waals surface area contributed by atoms with Crippen molar-refractivity contribution in [2.75, 3.05) is 0 Å². The molecule has 0 radical (unpaired) electrons. The zero-order chi connectivity index (χ0) is 25.7. The van der Waals surface area contributed by atoms with Crippen LogP contribution in [0, 0.1) is 11.8 Å². The van der Waals surface area contributed by atoms with Crippen LogP contribution in [-0.2, 0) is 20.4 Å². The lowest BCUT2D eigenvalue weighted by atomic mass is 9.34. The number of esters is 2. The second kappa shape index (κ2) is 8.42. The molecule has 0 bridgehead atoms. The highest BCUT2D eigenvalue weighted by Gasteiger charge is 2.79. The van der Waals surface area contributed by atoms with E-state index in [1.165, 1.54) is 0 Å². The summed E-state index contributed by atoms with van der Waals surface area (Å²) < 4.78 is 11.9. The maximum atomic E-state index is 14.0. The number of rotatable bonds is 4. The van der Waals surface area contributed by atoms with Crippen molar-refractivity contribution in [1.29, 1.82) is 0 Å². The van der Waals surface area contributed by atoms with Gasteiger partial charge in [0.2, 0.25) is 0 Å². The third-order valence-corrected chi connectivity index (χ3v) is 8.21. The maximum absolute atomic E-state index is 14.0. The standard InChI is InChI=1S/C34H24O4/c35-31-29-33(21-19-23-11-3-1-4-12-23,25-15-7-9-17-27(25)37-31)30-32(36)38-28-18-10-8-16-26(28)34(29,30)22-20-24-13-5-2-6-14-24/h1-22,29-30H/b21-19+,22-20+. The zero-order valence-corrected chi connectivity index (χ0v) is 20.5. The molecule has 1 aliphatic carbocycles. The summed E-state index contributed by atoms with van der Waals surface area (Å²) in [6.45, 7) is 0. The van der Waals surface area contributed by atoms with Gasteiger partial charge in [0.15, 0.2) is 0 Å². The van der Waals surface area contributed by atoms with Gasteiger partial charge in [-0.15, -0.1) is 0 Å².